The number of halogens is 2. The highest BCUT2D eigenvalue weighted by atomic mass is 79.9. The Morgan fingerprint density at radius 2 is 1.97 bits per heavy atom. The van der Waals surface area contributed by atoms with E-state index in [2.05, 4.69) is 31.4 Å². The molecule has 3 aromatic rings. The van der Waals surface area contributed by atoms with Crippen molar-refractivity contribution >= 4 is 39.1 Å². The topological polar surface area (TPSA) is 79.6 Å². The fourth-order valence-corrected chi connectivity index (χ4v) is 3.43. The minimum atomic E-state index is -0.391. The van der Waals surface area contributed by atoms with Crippen LogP contribution in [0.15, 0.2) is 70.5 Å². The maximum atomic E-state index is 13.1. The summed E-state index contributed by atoms with van der Waals surface area (Å²) in [5.74, 6) is -0.928. The van der Waals surface area contributed by atoms with Crippen molar-refractivity contribution in [1.82, 2.24) is 14.8 Å². The van der Waals surface area contributed by atoms with E-state index >= 15 is 0 Å². The van der Waals surface area contributed by atoms with E-state index in [1.807, 2.05) is 12.1 Å². The summed E-state index contributed by atoms with van der Waals surface area (Å²) in [6.45, 7) is 0.172. The van der Waals surface area contributed by atoms with E-state index in [0.717, 1.165) is 10.0 Å². The van der Waals surface area contributed by atoms with Crippen molar-refractivity contribution < 1.29 is 14.0 Å². The Labute approximate surface area is 180 Å². The van der Waals surface area contributed by atoms with Gasteiger partial charge in [0.05, 0.1) is 17.9 Å². The summed E-state index contributed by atoms with van der Waals surface area (Å²) in [4.78, 5) is 25.1. The number of nitrogens with one attached hydrogen (secondary N) is 1. The zero-order chi connectivity index (χ0) is 21.1. The standard InChI is InChI=1S/C21H17BrFN5O2/c22-15-4-8-19(27-11-1-10-24-27)18(12-15)25-21(30)17-7-9-20(29)28(26-17)13-14-2-5-16(23)6-3-14/h1-6,8,10-12H,7,9,13H2,(H,25,30). The second-order valence-corrected chi connectivity index (χ2v) is 7.61. The molecule has 1 N–H and O–H groups in total. The lowest BCUT2D eigenvalue weighted by atomic mass is 10.1. The van der Waals surface area contributed by atoms with Crippen molar-refractivity contribution in [1.29, 1.82) is 0 Å². The Morgan fingerprint density at radius 3 is 2.70 bits per heavy atom. The molecular formula is C21H17BrFN5O2. The number of benzene rings is 2. The number of hydrogen-bond donors (Lipinski definition) is 1. The van der Waals surface area contributed by atoms with Crippen LogP contribution in [0.5, 0.6) is 0 Å². The van der Waals surface area contributed by atoms with Gasteiger partial charge in [-0.3, -0.25) is 9.59 Å². The summed E-state index contributed by atoms with van der Waals surface area (Å²) in [6.07, 6.45) is 3.85. The van der Waals surface area contributed by atoms with Gasteiger partial charge in [0.25, 0.3) is 5.91 Å². The van der Waals surface area contributed by atoms with Crippen LogP contribution in [0.3, 0.4) is 0 Å². The van der Waals surface area contributed by atoms with Gasteiger partial charge < -0.3 is 5.32 Å². The number of anilines is 1. The molecule has 0 saturated carbocycles. The van der Waals surface area contributed by atoms with Crippen LogP contribution in [0.4, 0.5) is 10.1 Å². The van der Waals surface area contributed by atoms with Gasteiger partial charge in [-0.15, -0.1) is 0 Å². The van der Waals surface area contributed by atoms with Gasteiger partial charge in [0.1, 0.15) is 11.5 Å². The van der Waals surface area contributed by atoms with Gasteiger partial charge in [-0.2, -0.15) is 10.2 Å². The van der Waals surface area contributed by atoms with Gasteiger partial charge in [0.15, 0.2) is 0 Å². The minimum Gasteiger partial charge on any atom is -0.319 e. The number of aromatic nitrogens is 2. The first-order chi connectivity index (χ1) is 14.5. The Kier molecular flexibility index (Phi) is 5.71. The van der Waals surface area contributed by atoms with Crippen LogP contribution in [0.2, 0.25) is 0 Å². The molecule has 1 aromatic heterocycles. The molecule has 0 aliphatic carbocycles. The number of amides is 2. The van der Waals surface area contributed by atoms with Gasteiger partial charge in [-0.25, -0.2) is 14.1 Å². The number of carbonyl (C=O) groups is 2. The number of rotatable bonds is 5. The van der Waals surface area contributed by atoms with Crippen molar-refractivity contribution in [2.24, 2.45) is 5.10 Å². The minimum absolute atomic E-state index is 0.172. The smallest absolute Gasteiger partial charge is 0.271 e. The molecule has 1 aliphatic heterocycles. The third-order valence-corrected chi connectivity index (χ3v) is 5.06. The Hall–Kier alpha value is -3.33. The summed E-state index contributed by atoms with van der Waals surface area (Å²) >= 11 is 3.41. The SMILES string of the molecule is O=C(Nc1cc(Br)ccc1-n1cccn1)C1=NN(Cc2ccc(F)cc2)C(=O)CC1. The molecule has 1 aliphatic rings. The van der Waals surface area contributed by atoms with Gasteiger partial charge in [0, 0.05) is 29.7 Å². The maximum absolute atomic E-state index is 13.1. The van der Waals surface area contributed by atoms with Crippen LogP contribution >= 0.6 is 15.9 Å². The molecule has 0 radical (unpaired) electrons. The molecule has 2 aromatic carbocycles. The van der Waals surface area contributed by atoms with Crippen LogP contribution in [0.25, 0.3) is 5.69 Å². The molecule has 0 spiro atoms. The predicted octanol–water partition coefficient (Wildman–Crippen LogP) is 3.89. The van der Waals surface area contributed by atoms with Gasteiger partial charge >= 0.3 is 0 Å². The average Bonchev–Trinajstić information content (AvgIpc) is 3.26. The van der Waals surface area contributed by atoms with E-state index in [0.29, 0.717) is 11.4 Å². The monoisotopic (exact) mass is 469 g/mol. The largest absolute Gasteiger partial charge is 0.319 e. The number of nitrogens with zero attached hydrogens (tertiary/aromatic N) is 4. The molecule has 4 rings (SSSR count). The summed E-state index contributed by atoms with van der Waals surface area (Å²) < 4.78 is 15.6. The van der Waals surface area contributed by atoms with E-state index in [9.17, 15) is 14.0 Å². The van der Waals surface area contributed by atoms with Gasteiger partial charge in [0.2, 0.25) is 5.91 Å². The van der Waals surface area contributed by atoms with Crippen molar-refractivity contribution in [2.45, 2.75) is 19.4 Å². The molecule has 152 valence electrons. The van der Waals surface area contributed by atoms with E-state index in [4.69, 9.17) is 0 Å². The molecular weight excluding hydrogens is 453 g/mol. The molecule has 7 nitrogen and oxygen atoms in total. The van der Waals surface area contributed by atoms with Crippen molar-refractivity contribution in [2.75, 3.05) is 5.32 Å². The second kappa shape index (κ2) is 8.58. The Bertz CT molecular complexity index is 1110. The molecule has 0 saturated heterocycles. The number of carbonyl (C=O) groups excluding carboxylic acids is 2. The van der Waals surface area contributed by atoms with Crippen LogP contribution in [0.1, 0.15) is 18.4 Å². The lowest BCUT2D eigenvalue weighted by Gasteiger charge is -2.23. The van der Waals surface area contributed by atoms with Crippen LogP contribution < -0.4 is 5.32 Å². The first kappa shape index (κ1) is 20.0. The van der Waals surface area contributed by atoms with E-state index in [1.165, 1.54) is 17.1 Å². The summed E-state index contributed by atoms with van der Waals surface area (Å²) in [5, 5.41) is 12.6. The average molecular weight is 470 g/mol. The molecule has 0 unspecified atom stereocenters. The molecule has 0 fully saturated rings. The quantitative estimate of drug-likeness (QED) is 0.615. The van der Waals surface area contributed by atoms with E-state index in [1.54, 1.807) is 41.3 Å². The van der Waals surface area contributed by atoms with Crippen LogP contribution in [-0.2, 0) is 16.1 Å². The van der Waals surface area contributed by atoms with Crippen molar-refractivity contribution in [3.63, 3.8) is 0 Å². The zero-order valence-corrected chi connectivity index (χ0v) is 17.3. The highest BCUT2D eigenvalue weighted by Gasteiger charge is 2.25. The van der Waals surface area contributed by atoms with Crippen molar-refractivity contribution in [3.8, 4) is 5.69 Å². The molecule has 30 heavy (non-hydrogen) atoms. The first-order valence-corrected chi connectivity index (χ1v) is 10.0. The number of hydrazone groups is 1. The first-order valence-electron chi connectivity index (χ1n) is 9.23. The maximum Gasteiger partial charge on any atom is 0.271 e. The van der Waals surface area contributed by atoms with Gasteiger partial charge in [-0.05, 0) is 42.0 Å². The van der Waals surface area contributed by atoms with Crippen molar-refractivity contribution in [3.05, 3.63) is 76.8 Å². The second-order valence-electron chi connectivity index (χ2n) is 6.69. The fourth-order valence-electron chi connectivity index (χ4n) is 3.07. The zero-order valence-electron chi connectivity index (χ0n) is 15.8. The van der Waals surface area contributed by atoms with Gasteiger partial charge in [-0.1, -0.05) is 28.1 Å². The molecule has 0 bridgehead atoms. The Morgan fingerprint density at radius 1 is 1.17 bits per heavy atom. The lowest BCUT2D eigenvalue weighted by molar-refractivity contribution is -0.132. The Balaban J connectivity index is 1.55. The van der Waals surface area contributed by atoms with E-state index in [-0.39, 0.29) is 36.8 Å². The normalized spacial score (nSPS) is 13.9. The summed E-state index contributed by atoms with van der Waals surface area (Å²) in [5.41, 5.74) is 2.24. The number of hydrogen-bond acceptors (Lipinski definition) is 4. The van der Waals surface area contributed by atoms with Crippen LogP contribution in [0, 0.1) is 5.82 Å². The third-order valence-electron chi connectivity index (χ3n) is 4.57. The third kappa shape index (κ3) is 4.46. The highest BCUT2D eigenvalue weighted by molar-refractivity contribution is 9.10. The summed E-state index contributed by atoms with van der Waals surface area (Å²) in [7, 11) is 0. The lowest BCUT2D eigenvalue weighted by Crippen LogP contribution is -2.36. The highest BCUT2D eigenvalue weighted by Crippen LogP contribution is 2.25. The summed E-state index contributed by atoms with van der Waals surface area (Å²) in [6, 6.07) is 13.1. The molecule has 0 atom stereocenters. The predicted molar refractivity (Wildman–Crippen MR) is 114 cm³/mol. The molecule has 2 heterocycles. The molecule has 2 amide bonds. The van der Waals surface area contributed by atoms with E-state index < -0.39 is 5.91 Å². The fraction of sp³-hybridized carbons (Fsp3) is 0.143. The van der Waals surface area contributed by atoms with Crippen LogP contribution in [-0.4, -0.2) is 32.3 Å². The molecule has 9 heteroatoms.